The molecule has 0 radical (unpaired) electrons. The Balaban J connectivity index is 1.86. The number of carbonyl (C=O) groups excluding carboxylic acids is 1. The van der Waals surface area contributed by atoms with E-state index in [1.54, 1.807) is 33.8 Å². The topological polar surface area (TPSA) is 88.2 Å². The van der Waals surface area contributed by atoms with Crippen molar-refractivity contribution in [3.8, 4) is 11.3 Å². The molecule has 0 saturated heterocycles. The molecule has 2 N–H and O–H groups in total. The van der Waals surface area contributed by atoms with Crippen LogP contribution < -0.4 is 10.0 Å². The number of rotatable bonds is 5. The maximum Gasteiger partial charge on any atom is 0.257 e. The summed E-state index contributed by atoms with van der Waals surface area (Å²) in [5, 5.41) is 4.25. The van der Waals surface area contributed by atoms with Crippen LogP contribution in [0.4, 0.5) is 13.9 Å². The Labute approximate surface area is 183 Å². The van der Waals surface area contributed by atoms with Crippen LogP contribution in [0.2, 0.25) is 0 Å². The fourth-order valence-corrected chi connectivity index (χ4v) is 4.94. The van der Waals surface area contributed by atoms with Gasteiger partial charge in [-0.05, 0) is 63.6 Å². The summed E-state index contributed by atoms with van der Waals surface area (Å²) in [6.45, 7) is 6.83. The van der Waals surface area contributed by atoms with E-state index in [0.29, 0.717) is 5.56 Å². The summed E-state index contributed by atoms with van der Waals surface area (Å²) in [7, 11) is -3.82. The van der Waals surface area contributed by atoms with Gasteiger partial charge in [0.15, 0.2) is 5.13 Å². The van der Waals surface area contributed by atoms with Crippen molar-refractivity contribution in [1.29, 1.82) is 0 Å². The molecule has 2 aromatic carbocycles. The van der Waals surface area contributed by atoms with Gasteiger partial charge in [-0.15, -0.1) is 11.3 Å². The molecule has 164 valence electrons. The number of sulfonamides is 1. The largest absolute Gasteiger partial charge is 0.298 e. The van der Waals surface area contributed by atoms with Gasteiger partial charge in [0.1, 0.15) is 11.6 Å². The number of amides is 1. The first-order valence-electron chi connectivity index (χ1n) is 9.23. The van der Waals surface area contributed by atoms with Crippen molar-refractivity contribution in [2.24, 2.45) is 0 Å². The van der Waals surface area contributed by atoms with Crippen molar-refractivity contribution in [2.45, 2.75) is 38.1 Å². The molecule has 10 heteroatoms. The Morgan fingerprint density at radius 2 is 1.81 bits per heavy atom. The monoisotopic (exact) mass is 465 g/mol. The minimum Gasteiger partial charge on any atom is -0.298 e. The fraction of sp³-hybridized carbons (Fsp3) is 0.238. The second-order valence-electron chi connectivity index (χ2n) is 7.95. The molecule has 0 aliphatic rings. The first kappa shape index (κ1) is 23.0. The SMILES string of the molecule is Cc1ccc(S(=O)(=O)NC(C)(C)C)cc1C(=O)Nc1nc(-c2cc(F)ccc2F)cs1. The van der Waals surface area contributed by atoms with Crippen LogP contribution in [0.15, 0.2) is 46.7 Å². The van der Waals surface area contributed by atoms with Crippen LogP contribution in [0.25, 0.3) is 11.3 Å². The average molecular weight is 466 g/mol. The van der Waals surface area contributed by atoms with Gasteiger partial charge in [0.25, 0.3) is 5.91 Å². The van der Waals surface area contributed by atoms with Gasteiger partial charge in [-0.3, -0.25) is 10.1 Å². The van der Waals surface area contributed by atoms with E-state index in [9.17, 15) is 22.0 Å². The summed E-state index contributed by atoms with van der Waals surface area (Å²) in [5.74, 6) is -1.80. The normalized spacial score (nSPS) is 12.1. The lowest BCUT2D eigenvalue weighted by Crippen LogP contribution is -2.40. The minimum atomic E-state index is -3.82. The number of halogens is 2. The molecular weight excluding hydrogens is 444 g/mol. The molecular formula is C21H21F2N3O3S2. The highest BCUT2D eigenvalue weighted by Gasteiger charge is 2.24. The number of thiazole rings is 1. The molecule has 0 atom stereocenters. The smallest absolute Gasteiger partial charge is 0.257 e. The van der Waals surface area contributed by atoms with E-state index in [0.717, 1.165) is 29.5 Å². The number of nitrogens with one attached hydrogen (secondary N) is 2. The van der Waals surface area contributed by atoms with Crippen molar-refractivity contribution in [2.75, 3.05) is 5.32 Å². The molecule has 0 spiro atoms. The standard InChI is InChI=1S/C21H21F2N3O3S2/c1-12-5-7-14(31(28,29)26-21(2,3)4)10-15(12)19(27)25-20-24-18(11-30-20)16-9-13(22)6-8-17(16)23/h5-11,26H,1-4H3,(H,24,25,27). The molecule has 1 heterocycles. The van der Waals surface area contributed by atoms with Gasteiger partial charge in [0, 0.05) is 22.0 Å². The quantitative estimate of drug-likeness (QED) is 0.570. The molecule has 31 heavy (non-hydrogen) atoms. The highest BCUT2D eigenvalue weighted by molar-refractivity contribution is 7.89. The average Bonchev–Trinajstić information content (AvgIpc) is 3.10. The zero-order valence-corrected chi connectivity index (χ0v) is 18.9. The number of hydrogen-bond donors (Lipinski definition) is 2. The third-order valence-corrected chi connectivity index (χ3v) is 6.65. The molecule has 0 aliphatic heterocycles. The molecule has 1 aromatic heterocycles. The predicted octanol–water partition coefficient (Wildman–Crippen LogP) is 4.73. The number of carbonyl (C=O) groups is 1. The lowest BCUT2D eigenvalue weighted by Gasteiger charge is -2.20. The second kappa shape index (κ2) is 8.45. The van der Waals surface area contributed by atoms with E-state index in [1.165, 1.54) is 17.5 Å². The van der Waals surface area contributed by atoms with Crippen LogP contribution >= 0.6 is 11.3 Å². The number of benzene rings is 2. The number of aryl methyl sites for hydroxylation is 1. The van der Waals surface area contributed by atoms with Crippen LogP contribution in [0.1, 0.15) is 36.7 Å². The molecule has 0 fully saturated rings. The zero-order chi connectivity index (χ0) is 23.0. The molecule has 1 amide bonds. The Bertz CT molecular complexity index is 1250. The van der Waals surface area contributed by atoms with Crippen LogP contribution in [-0.4, -0.2) is 24.8 Å². The van der Waals surface area contributed by atoms with Gasteiger partial charge in [-0.1, -0.05) is 6.07 Å². The van der Waals surface area contributed by atoms with Crippen molar-refractivity contribution < 1.29 is 22.0 Å². The minimum absolute atomic E-state index is 0.0192. The van der Waals surface area contributed by atoms with Gasteiger partial charge in [0.2, 0.25) is 10.0 Å². The molecule has 0 aliphatic carbocycles. The van der Waals surface area contributed by atoms with Gasteiger partial charge in [-0.2, -0.15) is 0 Å². The summed E-state index contributed by atoms with van der Waals surface area (Å²) >= 11 is 1.04. The molecule has 6 nitrogen and oxygen atoms in total. The summed E-state index contributed by atoms with van der Waals surface area (Å²) in [5.41, 5.74) is 0.204. The van der Waals surface area contributed by atoms with Crippen LogP contribution in [-0.2, 0) is 10.0 Å². The van der Waals surface area contributed by atoms with Crippen molar-refractivity contribution in [3.05, 3.63) is 64.5 Å². The summed E-state index contributed by atoms with van der Waals surface area (Å²) in [6.07, 6.45) is 0. The summed E-state index contributed by atoms with van der Waals surface area (Å²) in [6, 6.07) is 7.29. The Morgan fingerprint density at radius 1 is 1.10 bits per heavy atom. The predicted molar refractivity (Wildman–Crippen MR) is 117 cm³/mol. The van der Waals surface area contributed by atoms with Gasteiger partial charge in [0.05, 0.1) is 10.6 Å². The first-order chi connectivity index (χ1) is 14.4. The lowest BCUT2D eigenvalue weighted by molar-refractivity contribution is 0.102. The highest BCUT2D eigenvalue weighted by Crippen LogP contribution is 2.28. The van der Waals surface area contributed by atoms with Gasteiger partial charge >= 0.3 is 0 Å². The zero-order valence-electron chi connectivity index (χ0n) is 17.3. The maximum atomic E-state index is 14.0. The molecule has 3 aromatic rings. The van der Waals surface area contributed by atoms with Gasteiger partial charge < -0.3 is 0 Å². The van der Waals surface area contributed by atoms with E-state index >= 15 is 0 Å². The highest BCUT2D eigenvalue weighted by atomic mass is 32.2. The van der Waals surface area contributed by atoms with E-state index in [2.05, 4.69) is 15.0 Å². The van der Waals surface area contributed by atoms with Crippen molar-refractivity contribution in [3.63, 3.8) is 0 Å². The molecule has 0 bridgehead atoms. The van der Waals surface area contributed by atoms with Crippen LogP contribution in [0.3, 0.4) is 0 Å². The summed E-state index contributed by atoms with van der Waals surface area (Å²) < 4.78 is 55.1. The second-order valence-corrected chi connectivity index (χ2v) is 10.5. The molecule has 0 unspecified atom stereocenters. The Kier molecular flexibility index (Phi) is 6.26. The fourth-order valence-electron chi connectivity index (χ4n) is 2.79. The summed E-state index contributed by atoms with van der Waals surface area (Å²) in [4.78, 5) is 16.9. The van der Waals surface area contributed by atoms with E-state index < -0.39 is 33.1 Å². The van der Waals surface area contributed by atoms with Crippen LogP contribution in [0.5, 0.6) is 0 Å². The van der Waals surface area contributed by atoms with Crippen molar-refractivity contribution >= 4 is 32.4 Å². The molecule has 3 rings (SSSR count). The Morgan fingerprint density at radius 3 is 2.48 bits per heavy atom. The Hall–Kier alpha value is -2.69. The van der Waals surface area contributed by atoms with E-state index in [1.807, 2.05) is 0 Å². The van der Waals surface area contributed by atoms with Crippen molar-refractivity contribution in [1.82, 2.24) is 9.71 Å². The lowest BCUT2D eigenvalue weighted by atomic mass is 10.1. The number of nitrogens with zero attached hydrogens (tertiary/aromatic N) is 1. The first-order valence-corrected chi connectivity index (χ1v) is 11.6. The van der Waals surface area contributed by atoms with Crippen LogP contribution in [0, 0.1) is 18.6 Å². The number of anilines is 1. The molecule has 0 saturated carbocycles. The number of aromatic nitrogens is 1. The third kappa shape index (κ3) is 5.52. The maximum absolute atomic E-state index is 14.0. The number of hydrogen-bond acceptors (Lipinski definition) is 5. The third-order valence-electron chi connectivity index (χ3n) is 4.13. The van der Waals surface area contributed by atoms with Gasteiger partial charge in [-0.25, -0.2) is 26.9 Å². The van der Waals surface area contributed by atoms with E-state index in [-0.39, 0.29) is 26.8 Å². The van der Waals surface area contributed by atoms with E-state index in [4.69, 9.17) is 0 Å².